The number of aryl methyl sites for hydroxylation is 1. The molecule has 1 aromatic carbocycles. The van der Waals surface area contributed by atoms with E-state index in [0.29, 0.717) is 18.1 Å². The van der Waals surface area contributed by atoms with Crippen molar-refractivity contribution < 1.29 is 13.9 Å². The van der Waals surface area contributed by atoms with Crippen LogP contribution in [-0.4, -0.2) is 32.1 Å². The standard InChI is InChI=1S/C19H19N3O3S/c1-12-10-16(18(23)25-12)26-19-21-20-17(15-8-9-24-13(15)2)22(19)11-14-6-4-3-5-7-14/h3-9,12,16H,10-11H2,1-2H3/t12-,16-/m0/s1. The Balaban J connectivity index is 1.70. The molecule has 0 radical (unpaired) electrons. The number of cyclic esters (lactones) is 1. The number of aromatic nitrogens is 3. The third-order valence-corrected chi connectivity index (χ3v) is 5.56. The van der Waals surface area contributed by atoms with Crippen LogP contribution >= 0.6 is 11.8 Å². The van der Waals surface area contributed by atoms with Gasteiger partial charge in [0.1, 0.15) is 17.1 Å². The number of rotatable bonds is 5. The van der Waals surface area contributed by atoms with Gasteiger partial charge in [-0.25, -0.2) is 0 Å². The molecule has 2 aromatic heterocycles. The van der Waals surface area contributed by atoms with Gasteiger partial charge in [0.15, 0.2) is 11.0 Å². The van der Waals surface area contributed by atoms with Crippen molar-refractivity contribution >= 4 is 17.7 Å². The Morgan fingerprint density at radius 2 is 2.04 bits per heavy atom. The average Bonchev–Trinajstić information content (AvgIpc) is 3.29. The topological polar surface area (TPSA) is 70.2 Å². The maximum atomic E-state index is 12.0. The number of carbonyl (C=O) groups excluding carboxylic acids is 1. The zero-order valence-electron chi connectivity index (χ0n) is 14.6. The van der Waals surface area contributed by atoms with Crippen LogP contribution in [0.2, 0.25) is 0 Å². The van der Waals surface area contributed by atoms with E-state index in [4.69, 9.17) is 9.15 Å². The third-order valence-electron chi connectivity index (χ3n) is 4.37. The predicted octanol–water partition coefficient (Wildman–Crippen LogP) is 3.69. The Morgan fingerprint density at radius 3 is 2.69 bits per heavy atom. The van der Waals surface area contributed by atoms with Gasteiger partial charge in [-0.15, -0.1) is 10.2 Å². The molecule has 0 spiro atoms. The Bertz CT molecular complexity index is 919. The lowest BCUT2D eigenvalue weighted by molar-refractivity contribution is -0.140. The minimum Gasteiger partial charge on any atom is -0.469 e. The molecule has 2 atom stereocenters. The molecule has 0 bridgehead atoms. The second kappa shape index (κ2) is 6.99. The van der Waals surface area contributed by atoms with Gasteiger partial charge in [0.05, 0.1) is 18.4 Å². The van der Waals surface area contributed by atoms with Crippen LogP contribution in [0.3, 0.4) is 0 Å². The van der Waals surface area contributed by atoms with Crippen LogP contribution in [0.1, 0.15) is 24.7 Å². The van der Waals surface area contributed by atoms with E-state index in [1.54, 1.807) is 6.26 Å². The lowest BCUT2D eigenvalue weighted by Gasteiger charge is -2.11. The van der Waals surface area contributed by atoms with Gasteiger partial charge >= 0.3 is 5.97 Å². The second-order valence-corrected chi connectivity index (χ2v) is 7.53. The van der Waals surface area contributed by atoms with E-state index in [1.165, 1.54) is 11.8 Å². The SMILES string of the molecule is Cc1occc1-c1nnc(S[C@H]2C[C@H](C)OC2=O)n1Cc1ccccc1. The van der Waals surface area contributed by atoms with Crippen LogP contribution in [0, 0.1) is 6.92 Å². The molecule has 1 aliphatic heterocycles. The fourth-order valence-corrected chi connectivity index (χ4v) is 4.18. The van der Waals surface area contributed by atoms with Crippen LogP contribution in [0.15, 0.2) is 52.2 Å². The van der Waals surface area contributed by atoms with Gasteiger partial charge in [0, 0.05) is 6.42 Å². The maximum Gasteiger partial charge on any atom is 0.319 e. The van der Waals surface area contributed by atoms with Gasteiger partial charge in [-0.2, -0.15) is 0 Å². The van der Waals surface area contributed by atoms with Crippen LogP contribution in [0.4, 0.5) is 0 Å². The minimum atomic E-state index is -0.248. The monoisotopic (exact) mass is 369 g/mol. The first-order chi connectivity index (χ1) is 12.6. The summed E-state index contributed by atoms with van der Waals surface area (Å²) in [6, 6.07) is 12.0. The molecular weight excluding hydrogens is 350 g/mol. The summed E-state index contributed by atoms with van der Waals surface area (Å²) in [5.74, 6) is 1.34. The number of hydrogen-bond donors (Lipinski definition) is 0. The molecule has 3 aromatic rings. The highest BCUT2D eigenvalue weighted by molar-refractivity contribution is 8.00. The Kier molecular flexibility index (Phi) is 4.55. The van der Waals surface area contributed by atoms with Crippen molar-refractivity contribution in [3.63, 3.8) is 0 Å². The zero-order valence-corrected chi connectivity index (χ0v) is 15.4. The van der Waals surface area contributed by atoms with Crippen molar-refractivity contribution in [3.05, 3.63) is 54.0 Å². The molecule has 1 aliphatic rings. The Morgan fingerprint density at radius 1 is 1.23 bits per heavy atom. The second-order valence-electron chi connectivity index (χ2n) is 6.36. The van der Waals surface area contributed by atoms with Gasteiger partial charge in [-0.05, 0) is 25.5 Å². The smallest absolute Gasteiger partial charge is 0.319 e. The van der Waals surface area contributed by atoms with Gasteiger partial charge in [-0.3, -0.25) is 9.36 Å². The summed E-state index contributed by atoms with van der Waals surface area (Å²) >= 11 is 1.42. The number of furan rings is 1. The molecule has 6 nitrogen and oxygen atoms in total. The van der Waals surface area contributed by atoms with Crippen molar-refractivity contribution in [1.82, 2.24) is 14.8 Å². The Hall–Kier alpha value is -2.54. The van der Waals surface area contributed by atoms with Crippen molar-refractivity contribution in [3.8, 4) is 11.4 Å². The van der Waals surface area contributed by atoms with Crippen molar-refractivity contribution in [2.75, 3.05) is 0 Å². The van der Waals surface area contributed by atoms with Crippen molar-refractivity contribution in [2.24, 2.45) is 0 Å². The summed E-state index contributed by atoms with van der Waals surface area (Å²) < 4.78 is 12.7. The number of benzene rings is 1. The minimum absolute atomic E-state index is 0.0546. The van der Waals surface area contributed by atoms with Gasteiger partial charge < -0.3 is 9.15 Å². The van der Waals surface area contributed by atoms with Gasteiger partial charge in [-0.1, -0.05) is 42.1 Å². The van der Waals surface area contributed by atoms with Crippen LogP contribution in [0.25, 0.3) is 11.4 Å². The molecule has 1 saturated heterocycles. The number of esters is 1. The van der Waals surface area contributed by atoms with E-state index >= 15 is 0 Å². The van der Waals surface area contributed by atoms with E-state index in [2.05, 4.69) is 22.3 Å². The largest absolute Gasteiger partial charge is 0.469 e. The molecule has 0 aliphatic carbocycles. The highest BCUT2D eigenvalue weighted by atomic mass is 32.2. The summed E-state index contributed by atoms with van der Waals surface area (Å²) in [6.45, 7) is 4.43. The molecule has 0 unspecified atom stereocenters. The first kappa shape index (κ1) is 16.9. The predicted molar refractivity (Wildman–Crippen MR) is 97.8 cm³/mol. The van der Waals surface area contributed by atoms with Crippen LogP contribution in [-0.2, 0) is 16.1 Å². The fourth-order valence-electron chi connectivity index (χ4n) is 3.04. The number of nitrogens with zero attached hydrogens (tertiary/aromatic N) is 3. The normalized spacial score (nSPS) is 19.7. The molecule has 134 valence electrons. The summed E-state index contributed by atoms with van der Waals surface area (Å²) in [7, 11) is 0. The molecule has 7 heteroatoms. The number of carbonyl (C=O) groups is 1. The lowest BCUT2D eigenvalue weighted by Crippen LogP contribution is -2.12. The summed E-state index contributed by atoms with van der Waals surface area (Å²) in [4.78, 5) is 12.0. The average molecular weight is 369 g/mol. The van der Waals surface area contributed by atoms with Crippen molar-refractivity contribution in [1.29, 1.82) is 0 Å². The van der Waals surface area contributed by atoms with Gasteiger partial charge in [0.25, 0.3) is 0 Å². The first-order valence-corrected chi connectivity index (χ1v) is 9.38. The molecule has 4 rings (SSSR count). The fraction of sp³-hybridized carbons (Fsp3) is 0.316. The number of ether oxygens (including phenoxy) is 1. The summed E-state index contributed by atoms with van der Waals surface area (Å²) in [5.41, 5.74) is 2.04. The maximum absolute atomic E-state index is 12.0. The van der Waals surface area contributed by atoms with E-state index in [-0.39, 0.29) is 17.3 Å². The van der Waals surface area contributed by atoms with Crippen LogP contribution < -0.4 is 0 Å². The summed E-state index contributed by atoms with van der Waals surface area (Å²) in [5, 5.41) is 9.20. The van der Waals surface area contributed by atoms with E-state index in [1.807, 2.05) is 42.7 Å². The van der Waals surface area contributed by atoms with E-state index < -0.39 is 0 Å². The van der Waals surface area contributed by atoms with Gasteiger partial charge in [0.2, 0.25) is 0 Å². The summed E-state index contributed by atoms with van der Waals surface area (Å²) in [6.07, 6.45) is 2.28. The lowest BCUT2D eigenvalue weighted by atomic mass is 10.2. The van der Waals surface area contributed by atoms with E-state index in [9.17, 15) is 4.79 Å². The van der Waals surface area contributed by atoms with E-state index in [0.717, 1.165) is 22.7 Å². The zero-order chi connectivity index (χ0) is 18.1. The number of hydrogen-bond acceptors (Lipinski definition) is 6. The van der Waals surface area contributed by atoms with Crippen molar-refractivity contribution in [2.45, 2.75) is 43.3 Å². The molecule has 26 heavy (non-hydrogen) atoms. The molecule has 0 amide bonds. The molecule has 0 N–H and O–H groups in total. The quantitative estimate of drug-likeness (QED) is 0.639. The molecule has 3 heterocycles. The third kappa shape index (κ3) is 3.26. The molecular formula is C19H19N3O3S. The number of thioether (sulfide) groups is 1. The highest BCUT2D eigenvalue weighted by Gasteiger charge is 2.34. The first-order valence-electron chi connectivity index (χ1n) is 8.50. The highest BCUT2D eigenvalue weighted by Crippen LogP contribution is 2.34. The molecule has 1 fully saturated rings. The Labute approximate surface area is 155 Å². The molecule has 0 saturated carbocycles. The van der Waals surface area contributed by atoms with Crippen LogP contribution in [0.5, 0.6) is 0 Å².